The Balaban J connectivity index is 1.75. The van der Waals surface area contributed by atoms with Crippen molar-refractivity contribution in [2.75, 3.05) is 4.72 Å². The first-order valence-electron chi connectivity index (χ1n) is 8.63. The summed E-state index contributed by atoms with van der Waals surface area (Å²) in [6.07, 6.45) is -3.61. The van der Waals surface area contributed by atoms with E-state index < -0.39 is 33.5 Å². The van der Waals surface area contributed by atoms with Crippen molar-refractivity contribution in [2.24, 2.45) is 0 Å². The fourth-order valence-electron chi connectivity index (χ4n) is 2.64. The van der Waals surface area contributed by atoms with Crippen LogP contribution in [0.15, 0.2) is 47.6 Å². The number of nitrogens with zero attached hydrogens (tertiary/aromatic N) is 2. The van der Waals surface area contributed by atoms with Gasteiger partial charge in [0.05, 0.1) is 10.5 Å². The van der Waals surface area contributed by atoms with Crippen LogP contribution in [0.25, 0.3) is 0 Å². The van der Waals surface area contributed by atoms with Crippen LogP contribution in [0, 0.1) is 5.82 Å². The van der Waals surface area contributed by atoms with Crippen molar-refractivity contribution in [1.29, 1.82) is 0 Å². The molecule has 1 heterocycles. The van der Waals surface area contributed by atoms with E-state index in [0.717, 1.165) is 17.6 Å². The molecule has 2 aromatic carbocycles. The minimum absolute atomic E-state index is 0.0827. The van der Waals surface area contributed by atoms with Crippen molar-refractivity contribution in [1.82, 2.24) is 14.7 Å². The first kappa shape index (κ1) is 24.3. The molecule has 3 rings (SSSR count). The Hall–Kier alpha value is -2.33. The summed E-state index contributed by atoms with van der Waals surface area (Å²) >= 11 is 2.83. The second-order valence-electron chi connectivity index (χ2n) is 6.30. The van der Waals surface area contributed by atoms with Crippen LogP contribution in [0.5, 0.6) is 0 Å². The average Bonchev–Trinajstić information content (AvgIpc) is 3.22. The van der Waals surface area contributed by atoms with E-state index in [1.165, 1.54) is 24.5 Å². The lowest BCUT2D eigenvalue weighted by atomic mass is 10.1. The van der Waals surface area contributed by atoms with Crippen molar-refractivity contribution < 1.29 is 30.8 Å². The highest BCUT2D eigenvalue weighted by molar-refractivity contribution is 14.1. The first-order chi connectivity index (χ1) is 15.0. The normalized spacial score (nSPS) is 11.9. The number of rotatable bonds is 7. The lowest BCUT2D eigenvalue weighted by Gasteiger charge is -2.12. The summed E-state index contributed by atoms with van der Waals surface area (Å²) < 4.78 is 83.0. The zero-order chi connectivity index (χ0) is 23.5. The Morgan fingerprint density at radius 2 is 1.91 bits per heavy atom. The molecular weight excluding hydrogens is 587 g/mol. The number of hydrogen-bond donors (Lipinski definition) is 2. The highest BCUT2D eigenvalue weighted by Crippen LogP contribution is 2.31. The molecule has 0 radical (unpaired) electrons. The molecule has 0 fully saturated rings. The van der Waals surface area contributed by atoms with Crippen LogP contribution in [0.1, 0.15) is 27.0 Å². The third-order valence-electron chi connectivity index (χ3n) is 4.15. The number of anilines is 1. The van der Waals surface area contributed by atoms with Crippen LogP contribution in [0.2, 0.25) is 0 Å². The van der Waals surface area contributed by atoms with E-state index in [-0.39, 0.29) is 27.7 Å². The molecule has 0 spiro atoms. The first-order valence-corrected chi connectivity index (χ1v) is 12.4. The molecule has 7 nitrogen and oxygen atoms in total. The van der Waals surface area contributed by atoms with Gasteiger partial charge in [-0.3, -0.25) is 9.52 Å². The van der Waals surface area contributed by atoms with Gasteiger partial charge in [0.25, 0.3) is 15.9 Å². The molecule has 14 heteroatoms. The van der Waals surface area contributed by atoms with E-state index in [0.29, 0.717) is 22.1 Å². The number of benzene rings is 2. The van der Waals surface area contributed by atoms with Crippen LogP contribution >= 0.6 is 34.1 Å². The monoisotopic (exact) mass is 600 g/mol. The van der Waals surface area contributed by atoms with Crippen molar-refractivity contribution in [3.8, 4) is 0 Å². The molecular formula is C18H13F4IN4O3S2. The number of alkyl halides is 4. The second-order valence-corrected chi connectivity index (χ2v) is 9.52. The number of aromatic nitrogens is 2. The second kappa shape index (κ2) is 9.66. The number of halogens is 5. The zero-order valence-corrected chi connectivity index (χ0v) is 19.6. The Labute approximate surface area is 197 Å². The van der Waals surface area contributed by atoms with Crippen LogP contribution in [-0.4, -0.2) is 23.7 Å². The maximum Gasteiger partial charge on any atom is 0.419 e. The molecule has 0 saturated heterocycles. The summed E-state index contributed by atoms with van der Waals surface area (Å²) in [6.45, 7) is -0.215. The lowest BCUT2D eigenvalue weighted by Crippen LogP contribution is -2.24. The van der Waals surface area contributed by atoms with Gasteiger partial charge in [0.15, 0.2) is 0 Å². The maximum atomic E-state index is 13.7. The average molecular weight is 600 g/mol. The van der Waals surface area contributed by atoms with Crippen LogP contribution in [-0.2, 0) is 27.2 Å². The predicted molar refractivity (Wildman–Crippen MR) is 117 cm³/mol. The Morgan fingerprint density at radius 3 is 2.50 bits per heavy atom. The fourth-order valence-corrected chi connectivity index (χ4v) is 4.98. The zero-order valence-electron chi connectivity index (χ0n) is 15.8. The topological polar surface area (TPSA) is 101 Å². The van der Waals surface area contributed by atoms with Crippen molar-refractivity contribution in [2.45, 2.75) is 22.0 Å². The van der Waals surface area contributed by atoms with Gasteiger partial charge in [0.1, 0.15) is 12.1 Å². The minimum Gasteiger partial charge on any atom is -0.348 e. The van der Waals surface area contributed by atoms with E-state index >= 15 is 0 Å². The summed E-state index contributed by atoms with van der Waals surface area (Å²) in [4.78, 5) is 16.2. The molecule has 32 heavy (non-hydrogen) atoms. The molecule has 0 aliphatic heterocycles. The smallest absolute Gasteiger partial charge is 0.348 e. The number of amides is 1. The third kappa shape index (κ3) is 5.72. The van der Waals surface area contributed by atoms with Gasteiger partial charge in [-0.25, -0.2) is 17.8 Å². The molecule has 0 saturated carbocycles. The van der Waals surface area contributed by atoms with Crippen molar-refractivity contribution in [3.05, 3.63) is 70.8 Å². The Morgan fingerprint density at radius 1 is 1.16 bits per heavy atom. The highest BCUT2D eigenvalue weighted by atomic mass is 127. The van der Waals surface area contributed by atoms with Gasteiger partial charge in [-0.2, -0.15) is 17.5 Å². The van der Waals surface area contributed by atoms with Gasteiger partial charge in [0, 0.05) is 28.1 Å². The van der Waals surface area contributed by atoms with Crippen LogP contribution in [0.4, 0.5) is 22.7 Å². The maximum absolute atomic E-state index is 13.7. The van der Waals surface area contributed by atoms with Crippen molar-refractivity contribution >= 4 is 55.2 Å². The highest BCUT2D eigenvalue weighted by Gasteiger charge is 2.33. The summed E-state index contributed by atoms with van der Waals surface area (Å²) in [5, 5.41) is 2.59. The molecule has 1 aromatic heterocycles. The van der Waals surface area contributed by atoms with Crippen LogP contribution in [0.3, 0.4) is 0 Å². The fraction of sp³-hybridized carbons (Fsp3) is 0.167. The largest absolute Gasteiger partial charge is 0.419 e. The number of carbonyl (C=O) groups excluding carboxylic acids is 1. The number of sulfonamides is 1. The summed E-state index contributed by atoms with van der Waals surface area (Å²) in [5.41, 5.74) is -0.650. The molecule has 0 atom stereocenters. The van der Waals surface area contributed by atoms with Gasteiger partial charge in [-0.15, -0.1) is 0 Å². The Kier molecular flexibility index (Phi) is 7.34. The van der Waals surface area contributed by atoms with E-state index in [1.807, 2.05) is 22.6 Å². The van der Waals surface area contributed by atoms with Gasteiger partial charge in [0.2, 0.25) is 5.13 Å². The van der Waals surface area contributed by atoms with E-state index in [2.05, 4.69) is 19.4 Å². The van der Waals surface area contributed by atoms with Gasteiger partial charge >= 0.3 is 6.18 Å². The summed E-state index contributed by atoms with van der Waals surface area (Å²) in [7, 11) is -3.95. The quantitative estimate of drug-likeness (QED) is 0.239. The molecule has 0 aliphatic carbocycles. The minimum atomic E-state index is -4.81. The molecule has 3 aromatic rings. The number of hydrogen-bond acceptors (Lipinski definition) is 6. The SMILES string of the molecule is O=C(NCc1ccc(C(F)(F)F)c(F)c1)c1ccc(S(=O)(=O)Nc2ncns2)cc1CI. The standard InChI is InChI=1S/C18H13F4IN4O3S2/c19-15-5-10(1-4-14(15)18(20,21)22)8-24-16(28)13-3-2-12(6-11(13)7-23)32(29,30)27-17-25-9-26-31-17/h1-6,9H,7-8H2,(H,24,28)(H,25,26,27). The van der Waals surface area contributed by atoms with Gasteiger partial charge in [-0.05, 0) is 41.5 Å². The lowest BCUT2D eigenvalue weighted by molar-refractivity contribution is -0.140. The van der Waals surface area contributed by atoms with E-state index in [9.17, 15) is 30.8 Å². The van der Waals surface area contributed by atoms with Gasteiger partial charge in [-0.1, -0.05) is 28.7 Å². The number of carbonyl (C=O) groups is 1. The van der Waals surface area contributed by atoms with E-state index in [1.54, 1.807) is 0 Å². The predicted octanol–water partition coefficient (Wildman–Crippen LogP) is 4.36. The van der Waals surface area contributed by atoms with E-state index in [4.69, 9.17) is 0 Å². The molecule has 0 unspecified atom stereocenters. The Bertz CT molecular complexity index is 1240. The molecule has 2 N–H and O–H groups in total. The van der Waals surface area contributed by atoms with Crippen LogP contribution < -0.4 is 10.0 Å². The third-order valence-corrected chi connectivity index (χ3v) is 7.02. The number of nitrogens with one attached hydrogen (secondary N) is 2. The van der Waals surface area contributed by atoms with Crippen molar-refractivity contribution in [3.63, 3.8) is 0 Å². The molecule has 0 bridgehead atoms. The molecule has 1 amide bonds. The summed E-state index contributed by atoms with van der Waals surface area (Å²) in [5.74, 6) is -2.02. The molecule has 170 valence electrons. The van der Waals surface area contributed by atoms with Gasteiger partial charge < -0.3 is 5.32 Å². The summed E-state index contributed by atoms with van der Waals surface area (Å²) in [6, 6.07) is 6.29. The molecule has 0 aliphatic rings.